The third kappa shape index (κ3) is 3.49. The molecule has 78 valence electrons. The summed E-state index contributed by atoms with van der Waals surface area (Å²) in [5.41, 5.74) is 1.13. The van der Waals surface area contributed by atoms with E-state index in [1.165, 1.54) is 0 Å². The highest BCUT2D eigenvalue weighted by Crippen LogP contribution is 2.25. The Morgan fingerprint density at radius 3 is 2.43 bits per heavy atom. The summed E-state index contributed by atoms with van der Waals surface area (Å²) >= 11 is 12.0. The third-order valence-corrected chi connectivity index (χ3v) is 2.70. The number of hydrogen-bond acceptors (Lipinski definition) is 1. The average molecular weight is 232 g/mol. The second-order valence-electron chi connectivity index (χ2n) is 4.32. The van der Waals surface area contributed by atoms with Crippen molar-refractivity contribution in [3.8, 4) is 0 Å². The van der Waals surface area contributed by atoms with Gasteiger partial charge in [-0.3, -0.25) is 0 Å². The molecule has 0 saturated carbocycles. The standard InChI is InChI=1S/C11H15Cl2N/c1-11(2,3)14-7-8-5-4-6-9(12)10(8)13/h4-6,14H,7H2,1-3H3. The summed E-state index contributed by atoms with van der Waals surface area (Å²) in [5.74, 6) is 0. The average Bonchev–Trinajstić information content (AvgIpc) is 2.06. The summed E-state index contributed by atoms with van der Waals surface area (Å²) in [6.45, 7) is 7.09. The molecule has 0 saturated heterocycles. The monoisotopic (exact) mass is 231 g/mol. The molecule has 0 bridgehead atoms. The van der Waals surface area contributed by atoms with Gasteiger partial charge in [0.15, 0.2) is 0 Å². The maximum Gasteiger partial charge on any atom is 0.0637 e. The Morgan fingerprint density at radius 1 is 1.21 bits per heavy atom. The fourth-order valence-electron chi connectivity index (χ4n) is 1.05. The Labute approximate surface area is 95.4 Å². The molecule has 0 atom stereocenters. The van der Waals surface area contributed by atoms with Gasteiger partial charge in [0.1, 0.15) is 0 Å². The van der Waals surface area contributed by atoms with Gasteiger partial charge in [0, 0.05) is 12.1 Å². The smallest absolute Gasteiger partial charge is 0.0637 e. The van der Waals surface area contributed by atoms with Crippen LogP contribution in [0.5, 0.6) is 0 Å². The molecule has 0 aliphatic rings. The van der Waals surface area contributed by atoms with Gasteiger partial charge in [-0.15, -0.1) is 0 Å². The first-order chi connectivity index (χ1) is 6.40. The summed E-state index contributed by atoms with van der Waals surface area (Å²) in [7, 11) is 0. The molecule has 1 aromatic rings. The topological polar surface area (TPSA) is 12.0 Å². The van der Waals surface area contributed by atoms with E-state index in [1.807, 2.05) is 12.1 Å². The van der Waals surface area contributed by atoms with Crippen molar-refractivity contribution in [2.45, 2.75) is 32.9 Å². The molecule has 1 nitrogen and oxygen atoms in total. The molecule has 0 amide bonds. The van der Waals surface area contributed by atoms with Crippen LogP contribution in [0.2, 0.25) is 10.0 Å². The van der Waals surface area contributed by atoms with Gasteiger partial charge in [0.25, 0.3) is 0 Å². The highest BCUT2D eigenvalue weighted by molar-refractivity contribution is 6.42. The fraction of sp³-hybridized carbons (Fsp3) is 0.455. The predicted molar refractivity (Wildman–Crippen MR) is 63.1 cm³/mol. The van der Waals surface area contributed by atoms with Crippen LogP contribution in [0.3, 0.4) is 0 Å². The lowest BCUT2D eigenvalue weighted by molar-refractivity contribution is 0.424. The molecule has 1 N–H and O–H groups in total. The van der Waals surface area contributed by atoms with Crippen LogP contribution in [0.4, 0.5) is 0 Å². The van der Waals surface area contributed by atoms with Crippen molar-refractivity contribution in [3.63, 3.8) is 0 Å². The summed E-state index contributed by atoms with van der Waals surface area (Å²) in [6, 6.07) is 5.69. The van der Waals surface area contributed by atoms with Crippen LogP contribution in [0, 0.1) is 0 Å². The van der Waals surface area contributed by atoms with Gasteiger partial charge >= 0.3 is 0 Å². The zero-order valence-corrected chi connectivity index (χ0v) is 10.2. The van der Waals surface area contributed by atoms with E-state index >= 15 is 0 Å². The first kappa shape index (κ1) is 11.8. The van der Waals surface area contributed by atoms with Crippen molar-refractivity contribution in [3.05, 3.63) is 33.8 Å². The van der Waals surface area contributed by atoms with E-state index in [2.05, 4.69) is 26.1 Å². The van der Waals surface area contributed by atoms with Crippen molar-refractivity contribution in [2.24, 2.45) is 0 Å². The van der Waals surface area contributed by atoms with Gasteiger partial charge in [0.2, 0.25) is 0 Å². The van der Waals surface area contributed by atoms with Crippen LogP contribution in [0.25, 0.3) is 0 Å². The van der Waals surface area contributed by atoms with Gasteiger partial charge in [-0.25, -0.2) is 0 Å². The molecule has 0 aliphatic heterocycles. The molecule has 0 aliphatic carbocycles. The van der Waals surface area contributed by atoms with Crippen LogP contribution < -0.4 is 5.32 Å². The lowest BCUT2D eigenvalue weighted by Gasteiger charge is -2.21. The number of halogens is 2. The molecule has 0 radical (unpaired) electrons. The van der Waals surface area contributed by atoms with Crippen molar-refractivity contribution in [2.75, 3.05) is 0 Å². The van der Waals surface area contributed by atoms with Crippen LogP contribution in [-0.4, -0.2) is 5.54 Å². The molecule has 0 heterocycles. The Balaban J connectivity index is 2.73. The second-order valence-corrected chi connectivity index (χ2v) is 5.10. The van der Waals surface area contributed by atoms with Crippen LogP contribution in [0.15, 0.2) is 18.2 Å². The van der Waals surface area contributed by atoms with E-state index in [0.29, 0.717) is 10.0 Å². The maximum atomic E-state index is 6.05. The van der Waals surface area contributed by atoms with E-state index in [0.717, 1.165) is 12.1 Å². The molecular weight excluding hydrogens is 217 g/mol. The minimum atomic E-state index is 0.0889. The molecule has 1 rings (SSSR count). The van der Waals surface area contributed by atoms with Gasteiger partial charge in [-0.2, -0.15) is 0 Å². The van der Waals surface area contributed by atoms with Crippen molar-refractivity contribution in [1.29, 1.82) is 0 Å². The SMILES string of the molecule is CC(C)(C)NCc1cccc(Cl)c1Cl. The van der Waals surface area contributed by atoms with Crippen molar-refractivity contribution in [1.82, 2.24) is 5.32 Å². The summed E-state index contributed by atoms with van der Waals surface area (Å²) in [6.07, 6.45) is 0. The van der Waals surface area contributed by atoms with E-state index in [1.54, 1.807) is 6.07 Å². The summed E-state index contributed by atoms with van der Waals surface area (Å²) in [5, 5.41) is 4.62. The molecule has 0 spiro atoms. The lowest BCUT2D eigenvalue weighted by Crippen LogP contribution is -2.35. The Hall–Kier alpha value is -0.240. The third-order valence-electron chi connectivity index (χ3n) is 1.84. The maximum absolute atomic E-state index is 6.05. The first-order valence-electron chi connectivity index (χ1n) is 4.58. The van der Waals surface area contributed by atoms with Crippen LogP contribution >= 0.6 is 23.2 Å². The van der Waals surface area contributed by atoms with Gasteiger partial charge in [-0.1, -0.05) is 35.3 Å². The van der Waals surface area contributed by atoms with E-state index in [9.17, 15) is 0 Å². The van der Waals surface area contributed by atoms with Crippen molar-refractivity contribution >= 4 is 23.2 Å². The minimum absolute atomic E-state index is 0.0889. The highest BCUT2D eigenvalue weighted by Gasteiger charge is 2.10. The minimum Gasteiger partial charge on any atom is -0.308 e. The fourth-order valence-corrected chi connectivity index (χ4v) is 1.43. The van der Waals surface area contributed by atoms with Gasteiger partial charge in [0.05, 0.1) is 10.0 Å². The summed E-state index contributed by atoms with van der Waals surface area (Å²) in [4.78, 5) is 0. The summed E-state index contributed by atoms with van der Waals surface area (Å²) < 4.78 is 0. The Morgan fingerprint density at radius 2 is 1.86 bits per heavy atom. The molecule has 1 aromatic carbocycles. The van der Waals surface area contributed by atoms with E-state index in [4.69, 9.17) is 23.2 Å². The zero-order valence-electron chi connectivity index (χ0n) is 8.70. The molecule has 14 heavy (non-hydrogen) atoms. The molecule has 0 unspecified atom stereocenters. The van der Waals surface area contributed by atoms with Crippen molar-refractivity contribution < 1.29 is 0 Å². The normalized spacial score (nSPS) is 11.8. The number of rotatable bonds is 2. The largest absolute Gasteiger partial charge is 0.308 e. The zero-order chi connectivity index (χ0) is 10.8. The highest BCUT2D eigenvalue weighted by atomic mass is 35.5. The second kappa shape index (κ2) is 4.52. The van der Waals surface area contributed by atoms with E-state index < -0.39 is 0 Å². The molecular formula is C11H15Cl2N. The number of hydrogen-bond donors (Lipinski definition) is 1. The van der Waals surface area contributed by atoms with E-state index in [-0.39, 0.29) is 5.54 Å². The molecule has 0 fully saturated rings. The Kier molecular flexibility index (Phi) is 3.82. The number of benzene rings is 1. The van der Waals surface area contributed by atoms with Crippen LogP contribution in [-0.2, 0) is 6.54 Å². The predicted octanol–water partition coefficient (Wildman–Crippen LogP) is 3.88. The van der Waals surface area contributed by atoms with Gasteiger partial charge in [-0.05, 0) is 32.4 Å². The van der Waals surface area contributed by atoms with Gasteiger partial charge < -0.3 is 5.32 Å². The number of nitrogens with one attached hydrogen (secondary N) is 1. The Bertz CT molecular complexity index is 316. The first-order valence-corrected chi connectivity index (χ1v) is 5.34. The lowest BCUT2D eigenvalue weighted by atomic mass is 10.1. The molecule has 3 heteroatoms. The van der Waals surface area contributed by atoms with Crippen LogP contribution in [0.1, 0.15) is 26.3 Å². The molecule has 0 aromatic heterocycles. The quantitative estimate of drug-likeness (QED) is 0.815.